The van der Waals surface area contributed by atoms with Crippen molar-refractivity contribution < 1.29 is 24.1 Å². The molecule has 1 heterocycles. The molecule has 26 heavy (non-hydrogen) atoms. The summed E-state index contributed by atoms with van der Waals surface area (Å²) in [6, 6.07) is 6.42. The first-order chi connectivity index (χ1) is 12.2. The predicted molar refractivity (Wildman–Crippen MR) is 99.8 cm³/mol. The van der Waals surface area contributed by atoms with Gasteiger partial charge in [-0.3, -0.25) is 0 Å². The second-order valence-electron chi connectivity index (χ2n) is 6.86. The van der Waals surface area contributed by atoms with E-state index in [1.165, 1.54) is 6.07 Å². The van der Waals surface area contributed by atoms with E-state index in [0.717, 1.165) is 11.0 Å². The smallest absolute Gasteiger partial charge is 0.336 e. The molecule has 2 N–H and O–H groups in total. The van der Waals surface area contributed by atoms with Crippen LogP contribution in [0.1, 0.15) is 33.6 Å². The molecule has 6 nitrogen and oxygen atoms in total. The predicted octanol–water partition coefficient (Wildman–Crippen LogP) is 3.04. The zero-order valence-corrected chi connectivity index (χ0v) is 15.6. The van der Waals surface area contributed by atoms with Gasteiger partial charge in [0, 0.05) is 17.5 Å². The Balaban J connectivity index is 2.03. The van der Waals surface area contributed by atoms with Crippen molar-refractivity contribution in [3.8, 4) is 11.5 Å². The minimum atomic E-state index is -1.11. The number of aliphatic hydroxyl groups is 2. The average molecular weight is 362 g/mol. The summed E-state index contributed by atoms with van der Waals surface area (Å²) >= 11 is 0. The van der Waals surface area contributed by atoms with Crippen LogP contribution in [-0.4, -0.2) is 35.6 Å². The molecule has 0 aliphatic carbocycles. The quantitative estimate of drug-likeness (QED) is 0.554. The van der Waals surface area contributed by atoms with Crippen molar-refractivity contribution in [2.45, 2.75) is 45.3 Å². The largest absolute Gasteiger partial charge is 0.493 e. The topological polar surface area (TPSA) is 89.1 Å². The van der Waals surface area contributed by atoms with Gasteiger partial charge < -0.3 is 24.1 Å². The molecule has 0 radical (unpaired) electrons. The highest BCUT2D eigenvalue weighted by Gasteiger charge is 2.23. The maximum atomic E-state index is 11.4. The molecule has 142 valence electrons. The third-order valence-corrected chi connectivity index (χ3v) is 4.20. The Hall–Kier alpha value is -2.31. The van der Waals surface area contributed by atoms with E-state index in [-0.39, 0.29) is 0 Å². The Labute approximate surface area is 152 Å². The van der Waals surface area contributed by atoms with Gasteiger partial charge in [0.05, 0.1) is 18.8 Å². The number of fused-ring (bicyclic) bond motifs is 1. The molecule has 0 spiro atoms. The molecule has 0 bridgehead atoms. The molecule has 0 aliphatic rings. The molecule has 2 rings (SSSR count). The monoisotopic (exact) mass is 362 g/mol. The van der Waals surface area contributed by atoms with Gasteiger partial charge in [0.2, 0.25) is 0 Å². The molecule has 0 unspecified atom stereocenters. The molecule has 6 heteroatoms. The lowest BCUT2D eigenvalue weighted by atomic mass is 9.96. The Kier molecular flexibility index (Phi) is 6.45. The molecule has 2 aromatic rings. The SMILES string of the molecule is COc1cc2ccc(=O)oc2cc1OCC=C(C)CC[C@H](O)C(C)(C)O. The third-order valence-electron chi connectivity index (χ3n) is 4.20. The lowest BCUT2D eigenvalue weighted by molar-refractivity contribution is -0.0509. The summed E-state index contributed by atoms with van der Waals surface area (Å²) in [6.45, 7) is 5.43. The lowest BCUT2D eigenvalue weighted by Crippen LogP contribution is -2.35. The maximum Gasteiger partial charge on any atom is 0.336 e. The van der Waals surface area contributed by atoms with Gasteiger partial charge in [0.25, 0.3) is 0 Å². The number of aliphatic hydroxyl groups excluding tert-OH is 1. The summed E-state index contributed by atoms with van der Waals surface area (Å²) in [5.41, 5.74) is -0.0595. The van der Waals surface area contributed by atoms with Gasteiger partial charge in [-0.25, -0.2) is 4.79 Å². The second kappa shape index (κ2) is 8.38. The van der Waals surface area contributed by atoms with Gasteiger partial charge >= 0.3 is 5.63 Å². The standard InChI is InChI=1S/C20H26O6/c1-13(5-7-18(21)20(2,3)23)9-10-25-17-12-15-14(11-16(17)24-4)6-8-19(22)26-15/h6,8-9,11-12,18,21,23H,5,7,10H2,1-4H3/t18-/m0/s1. The molecule has 0 aliphatic heterocycles. The number of rotatable bonds is 8. The molecule has 0 saturated heterocycles. The summed E-state index contributed by atoms with van der Waals surface area (Å²) in [7, 11) is 1.55. The molecule has 1 aromatic heterocycles. The van der Waals surface area contributed by atoms with Gasteiger partial charge in [0.1, 0.15) is 12.2 Å². The van der Waals surface area contributed by atoms with Crippen molar-refractivity contribution in [3.63, 3.8) is 0 Å². The maximum absolute atomic E-state index is 11.4. The van der Waals surface area contributed by atoms with E-state index < -0.39 is 17.3 Å². The number of hydrogen-bond donors (Lipinski definition) is 2. The fourth-order valence-electron chi connectivity index (χ4n) is 2.44. The number of methoxy groups -OCH3 is 1. The molecule has 0 saturated carbocycles. The lowest BCUT2D eigenvalue weighted by Gasteiger charge is -2.24. The van der Waals surface area contributed by atoms with Crippen LogP contribution >= 0.6 is 0 Å². The first-order valence-electron chi connectivity index (χ1n) is 8.51. The van der Waals surface area contributed by atoms with Crippen molar-refractivity contribution in [1.82, 2.24) is 0 Å². The van der Waals surface area contributed by atoms with Gasteiger partial charge in [-0.15, -0.1) is 0 Å². The number of hydrogen-bond acceptors (Lipinski definition) is 6. The van der Waals surface area contributed by atoms with Crippen LogP contribution in [0.3, 0.4) is 0 Å². The van der Waals surface area contributed by atoms with Crippen molar-refractivity contribution in [3.05, 3.63) is 46.3 Å². The zero-order chi connectivity index (χ0) is 19.3. The Morgan fingerprint density at radius 3 is 2.69 bits per heavy atom. The minimum absolute atomic E-state index is 0.309. The fourth-order valence-corrected chi connectivity index (χ4v) is 2.44. The normalized spacial score (nSPS) is 13.7. The molecular formula is C20H26O6. The minimum Gasteiger partial charge on any atom is -0.493 e. The number of benzene rings is 1. The van der Waals surface area contributed by atoms with E-state index in [4.69, 9.17) is 13.9 Å². The van der Waals surface area contributed by atoms with E-state index in [1.807, 2.05) is 13.0 Å². The highest BCUT2D eigenvalue weighted by atomic mass is 16.5. The van der Waals surface area contributed by atoms with Gasteiger partial charge in [-0.2, -0.15) is 0 Å². The summed E-state index contributed by atoms with van der Waals surface area (Å²) in [5, 5.41) is 20.4. The summed E-state index contributed by atoms with van der Waals surface area (Å²) in [5.74, 6) is 1.03. The molecule has 0 amide bonds. The molecule has 0 fully saturated rings. The van der Waals surface area contributed by atoms with Crippen LogP contribution in [-0.2, 0) is 0 Å². The van der Waals surface area contributed by atoms with E-state index in [1.54, 1.807) is 39.2 Å². The zero-order valence-electron chi connectivity index (χ0n) is 15.6. The third kappa shape index (κ3) is 5.34. The van der Waals surface area contributed by atoms with Crippen molar-refractivity contribution in [1.29, 1.82) is 0 Å². The molecule has 1 aromatic carbocycles. The van der Waals surface area contributed by atoms with Crippen LogP contribution in [0.25, 0.3) is 11.0 Å². The Morgan fingerprint density at radius 1 is 1.31 bits per heavy atom. The first-order valence-corrected chi connectivity index (χ1v) is 8.51. The number of allylic oxidation sites excluding steroid dienone is 1. The molecular weight excluding hydrogens is 336 g/mol. The highest BCUT2D eigenvalue weighted by Crippen LogP contribution is 2.31. The van der Waals surface area contributed by atoms with Crippen LogP contribution in [0.15, 0.2) is 45.1 Å². The van der Waals surface area contributed by atoms with E-state index in [0.29, 0.717) is 36.5 Å². The number of ether oxygens (including phenoxy) is 2. The fraction of sp³-hybridized carbons (Fsp3) is 0.450. The van der Waals surface area contributed by atoms with Crippen molar-refractivity contribution in [2.75, 3.05) is 13.7 Å². The highest BCUT2D eigenvalue weighted by molar-refractivity contribution is 5.80. The Bertz CT molecular complexity index is 828. The van der Waals surface area contributed by atoms with Crippen molar-refractivity contribution >= 4 is 11.0 Å². The summed E-state index contributed by atoms with van der Waals surface area (Å²) < 4.78 is 16.2. The van der Waals surface area contributed by atoms with Gasteiger partial charge in [-0.1, -0.05) is 5.57 Å². The van der Waals surface area contributed by atoms with Crippen LogP contribution in [0.5, 0.6) is 11.5 Å². The van der Waals surface area contributed by atoms with E-state index in [9.17, 15) is 15.0 Å². The van der Waals surface area contributed by atoms with E-state index >= 15 is 0 Å². The average Bonchev–Trinajstić information content (AvgIpc) is 2.58. The second-order valence-corrected chi connectivity index (χ2v) is 6.86. The summed E-state index contributed by atoms with van der Waals surface area (Å²) in [4.78, 5) is 11.4. The van der Waals surface area contributed by atoms with E-state index in [2.05, 4.69) is 0 Å². The summed E-state index contributed by atoms with van der Waals surface area (Å²) in [6.07, 6.45) is 2.24. The Morgan fingerprint density at radius 2 is 2.04 bits per heavy atom. The first kappa shape index (κ1) is 20.0. The van der Waals surface area contributed by atoms with Crippen LogP contribution in [0.4, 0.5) is 0 Å². The van der Waals surface area contributed by atoms with Crippen LogP contribution in [0.2, 0.25) is 0 Å². The van der Waals surface area contributed by atoms with Crippen molar-refractivity contribution in [2.24, 2.45) is 0 Å². The molecule has 1 atom stereocenters. The van der Waals surface area contributed by atoms with Crippen LogP contribution < -0.4 is 15.1 Å². The van der Waals surface area contributed by atoms with Crippen LogP contribution in [0, 0.1) is 0 Å². The van der Waals surface area contributed by atoms with Gasteiger partial charge in [-0.05, 0) is 51.8 Å². The van der Waals surface area contributed by atoms with Gasteiger partial charge in [0.15, 0.2) is 11.5 Å².